The van der Waals surface area contributed by atoms with Crippen molar-refractivity contribution in [2.75, 3.05) is 20.3 Å². The number of benzene rings is 7. The Morgan fingerprint density at radius 2 is 0.689 bits per heavy atom. The van der Waals surface area contributed by atoms with Gasteiger partial charge >= 0.3 is 5.97 Å². The fourth-order valence-electron chi connectivity index (χ4n) is 9.10. The van der Waals surface area contributed by atoms with Crippen LogP contribution in [0.5, 0.6) is 0 Å². The fourth-order valence-corrected chi connectivity index (χ4v) is 9.10. The quantitative estimate of drug-likeness (QED) is 0.0507. The van der Waals surface area contributed by atoms with Crippen LogP contribution in [0.25, 0.3) is 0 Å². The summed E-state index contributed by atoms with van der Waals surface area (Å²) in [6.07, 6.45) is -9.74. The van der Waals surface area contributed by atoms with E-state index in [9.17, 15) is 4.79 Å². The summed E-state index contributed by atoms with van der Waals surface area (Å²) >= 11 is 0. The summed E-state index contributed by atoms with van der Waals surface area (Å²) in [6.45, 7) is 1.50. The lowest BCUT2D eigenvalue weighted by molar-refractivity contribution is -0.372. The zero-order valence-corrected chi connectivity index (χ0v) is 41.5. The molecule has 2 fully saturated rings. The van der Waals surface area contributed by atoms with Crippen molar-refractivity contribution in [2.45, 2.75) is 101 Å². The van der Waals surface area contributed by atoms with Crippen LogP contribution >= 0.6 is 0 Å². The Morgan fingerprint density at radius 1 is 0.365 bits per heavy atom. The topological polar surface area (TPSA) is 119 Å². The summed E-state index contributed by atoms with van der Waals surface area (Å²) in [5, 5.41) is 0. The summed E-state index contributed by atoms with van der Waals surface area (Å²) in [5.74, 6) is -0.607. The van der Waals surface area contributed by atoms with E-state index in [2.05, 4.69) is 0 Å². The molecule has 2 aliphatic heterocycles. The first kappa shape index (κ1) is 52.5. The van der Waals surface area contributed by atoms with Crippen LogP contribution in [0, 0.1) is 0 Å². The third-order valence-corrected chi connectivity index (χ3v) is 12.9. The molecular weight excluding hydrogens is 937 g/mol. The van der Waals surface area contributed by atoms with Crippen LogP contribution in [0.1, 0.15) is 43.7 Å². The van der Waals surface area contributed by atoms with Crippen LogP contribution in [0.3, 0.4) is 0 Å². The third kappa shape index (κ3) is 14.9. The molecule has 7 aromatic rings. The van der Waals surface area contributed by atoms with Gasteiger partial charge in [-0.15, -0.1) is 0 Å². The van der Waals surface area contributed by atoms with Crippen LogP contribution < -0.4 is 0 Å². The number of esters is 1. The van der Waals surface area contributed by atoms with Crippen LogP contribution in [0.4, 0.5) is 0 Å². The molecule has 74 heavy (non-hydrogen) atoms. The number of carbonyl (C=O) groups excluding carboxylic acids is 1. The highest BCUT2D eigenvalue weighted by atomic mass is 16.8. The van der Waals surface area contributed by atoms with Gasteiger partial charge in [0.15, 0.2) is 18.7 Å². The molecule has 0 bridgehead atoms. The SMILES string of the molecule is CO[C@H]1O[C@H](COCc2ccccc2)[C@@H](OCc2ccccc2)[C@H](O[C@@H]2O[C@H](COCc3ccccc3)[C@H](OCc3ccccc3)[C@H](OCc3ccccc3)[C@H]2OC(=O)c2ccccc2)[C@H]1OCc1ccccc1. The molecule has 0 radical (unpaired) electrons. The van der Waals surface area contributed by atoms with Crippen molar-refractivity contribution in [1.82, 2.24) is 0 Å². The maximum Gasteiger partial charge on any atom is 0.338 e. The summed E-state index contributed by atoms with van der Waals surface area (Å²) < 4.78 is 74.9. The van der Waals surface area contributed by atoms with Gasteiger partial charge in [0.05, 0.1) is 58.4 Å². The smallest absolute Gasteiger partial charge is 0.338 e. The Kier molecular flexibility index (Phi) is 19.7. The van der Waals surface area contributed by atoms with Crippen LogP contribution in [0.15, 0.2) is 212 Å². The second-order valence-corrected chi connectivity index (χ2v) is 18.2. The molecule has 2 aliphatic rings. The van der Waals surface area contributed by atoms with Gasteiger partial charge in [0, 0.05) is 7.11 Å². The van der Waals surface area contributed by atoms with Crippen molar-refractivity contribution in [3.05, 3.63) is 251 Å². The second-order valence-electron chi connectivity index (χ2n) is 18.2. The van der Waals surface area contributed by atoms with Gasteiger partial charge in [-0.1, -0.05) is 200 Å². The van der Waals surface area contributed by atoms with E-state index in [4.69, 9.17) is 52.1 Å². The van der Waals surface area contributed by atoms with Gasteiger partial charge in [-0.2, -0.15) is 0 Å². The number of hydrogen-bond acceptors (Lipinski definition) is 12. The molecule has 0 N–H and O–H groups in total. The lowest BCUT2D eigenvalue weighted by Gasteiger charge is -2.50. The highest BCUT2D eigenvalue weighted by Gasteiger charge is 2.55. The van der Waals surface area contributed by atoms with E-state index in [0.717, 1.165) is 33.4 Å². The van der Waals surface area contributed by atoms with Gasteiger partial charge in [0.25, 0.3) is 0 Å². The predicted octanol–water partition coefficient (Wildman–Crippen LogP) is 10.5. The first-order valence-corrected chi connectivity index (χ1v) is 25.2. The molecule has 2 saturated heterocycles. The number of methoxy groups -OCH3 is 1. The summed E-state index contributed by atoms with van der Waals surface area (Å²) in [5.41, 5.74) is 5.99. The van der Waals surface area contributed by atoms with E-state index in [-0.39, 0.29) is 39.6 Å². The molecule has 7 aromatic carbocycles. The lowest BCUT2D eigenvalue weighted by Crippen LogP contribution is -2.66. The Labute approximate surface area is 433 Å². The minimum Gasteiger partial charge on any atom is -0.450 e. The third-order valence-electron chi connectivity index (χ3n) is 12.9. The highest BCUT2D eigenvalue weighted by Crippen LogP contribution is 2.37. The number of hydrogen-bond donors (Lipinski definition) is 0. The average Bonchev–Trinajstić information content (AvgIpc) is 3.46. The van der Waals surface area contributed by atoms with E-state index in [1.807, 2.05) is 188 Å². The fraction of sp³-hybridized carbons (Fsp3) is 0.306. The number of rotatable bonds is 25. The van der Waals surface area contributed by atoms with Gasteiger partial charge in [-0.25, -0.2) is 4.79 Å². The Hall–Kier alpha value is -6.39. The molecule has 0 aromatic heterocycles. The molecule has 12 heteroatoms. The molecule has 10 atom stereocenters. The number of carbonyl (C=O) groups is 1. The van der Waals surface area contributed by atoms with Gasteiger partial charge in [-0.3, -0.25) is 0 Å². The van der Waals surface area contributed by atoms with Gasteiger partial charge in [-0.05, 0) is 45.5 Å². The average molecular weight is 1000 g/mol. The Morgan fingerprint density at radius 3 is 1.08 bits per heavy atom. The molecule has 0 amide bonds. The Bertz CT molecular complexity index is 2650. The van der Waals surface area contributed by atoms with Crippen molar-refractivity contribution in [2.24, 2.45) is 0 Å². The second kappa shape index (κ2) is 27.8. The van der Waals surface area contributed by atoms with Crippen molar-refractivity contribution in [3.8, 4) is 0 Å². The van der Waals surface area contributed by atoms with Crippen molar-refractivity contribution in [3.63, 3.8) is 0 Å². The first-order valence-electron chi connectivity index (χ1n) is 25.2. The van der Waals surface area contributed by atoms with Crippen molar-refractivity contribution < 1.29 is 56.9 Å². The molecular formula is C62H64O12. The molecule has 384 valence electrons. The number of ether oxygens (including phenoxy) is 11. The standard InChI is InChI=1S/C62H64O12/c1-64-61-58(70-42-50-33-19-7-20-34-50)57(55(68-40-48-29-15-5-16-30-48)53(71-61)44-66-38-46-25-11-3-12-26-46)74-62-59(73-60(63)51-35-21-8-22-36-51)56(69-41-49-31-17-6-18-32-49)54(67-39-47-27-13-4-14-28-47)52(72-62)43-65-37-45-23-9-2-10-24-45/h2-36,52-59,61-62H,37-44H2,1H3/t52-,53-,54+,55-,56+,57+,58-,59-,61+,62+/m1/s1. The molecule has 0 aliphatic carbocycles. The minimum absolute atomic E-state index is 0.0606. The van der Waals surface area contributed by atoms with Gasteiger partial charge in [0.1, 0.15) is 42.7 Å². The molecule has 0 unspecified atom stereocenters. The van der Waals surface area contributed by atoms with Crippen LogP contribution in [0.2, 0.25) is 0 Å². The molecule has 0 spiro atoms. The molecule has 2 heterocycles. The van der Waals surface area contributed by atoms with Crippen molar-refractivity contribution >= 4 is 5.97 Å². The molecule has 12 nitrogen and oxygen atoms in total. The van der Waals surface area contributed by atoms with E-state index < -0.39 is 67.4 Å². The largest absolute Gasteiger partial charge is 0.450 e. The van der Waals surface area contributed by atoms with E-state index in [1.54, 1.807) is 31.4 Å². The molecule has 9 rings (SSSR count). The van der Waals surface area contributed by atoms with E-state index in [1.165, 1.54) is 0 Å². The predicted molar refractivity (Wildman–Crippen MR) is 277 cm³/mol. The van der Waals surface area contributed by atoms with Gasteiger partial charge in [0.2, 0.25) is 0 Å². The van der Waals surface area contributed by atoms with E-state index in [0.29, 0.717) is 18.8 Å². The highest BCUT2D eigenvalue weighted by molar-refractivity contribution is 5.89. The van der Waals surface area contributed by atoms with E-state index >= 15 is 0 Å². The summed E-state index contributed by atoms with van der Waals surface area (Å²) in [7, 11) is 1.57. The van der Waals surface area contributed by atoms with Crippen LogP contribution in [-0.4, -0.2) is 87.7 Å². The maximum absolute atomic E-state index is 14.5. The summed E-state index contributed by atoms with van der Waals surface area (Å²) in [6, 6.07) is 68.0. The maximum atomic E-state index is 14.5. The van der Waals surface area contributed by atoms with Gasteiger partial charge < -0.3 is 52.1 Å². The lowest BCUT2D eigenvalue weighted by atomic mass is 9.95. The minimum atomic E-state index is -1.33. The Balaban J connectivity index is 1.12. The first-order chi connectivity index (χ1) is 36.6. The zero-order valence-electron chi connectivity index (χ0n) is 41.5. The van der Waals surface area contributed by atoms with Crippen molar-refractivity contribution in [1.29, 1.82) is 0 Å². The zero-order chi connectivity index (χ0) is 50.6. The molecule has 0 saturated carbocycles. The summed E-state index contributed by atoms with van der Waals surface area (Å²) in [4.78, 5) is 14.5. The monoisotopic (exact) mass is 1000 g/mol. The normalized spacial score (nSPS) is 23.7. The van der Waals surface area contributed by atoms with Crippen LogP contribution in [-0.2, 0) is 91.7 Å².